The molecule has 1 atom stereocenters. The second kappa shape index (κ2) is 8.33. The first-order valence-corrected chi connectivity index (χ1v) is 10.7. The first-order chi connectivity index (χ1) is 12.5. The van der Waals surface area contributed by atoms with Crippen LogP contribution in [0.3, 0.4) is 0 Å². The summed E-state index contributed by atoms with van der Waals surface area (Å²) in [6.07, 6.45) is 5.82. The van der Waals surface area contributed by atoms with Crippen LogP contribution in [0.25, 0.3) is 0 Å². The predicted octanol–water partition coefficient (Wildman–Crippen LogP) is 1.90. The van der Waals surface area contributed by atoms with Crippen LogP contribution in [0.1, 0.15) is 43.0 Å². The van der Waals surface area contributed by atoms with Crippen LogP contribution in [-0.2, 0) is 10.0 Å². The summed E-state index contributed by atoms with van der Waals surface area (Å²) in [7, 11) is -3.57. The molecule has 1 aromatic carbocycles. The van der Waals surface area contributed by atoms with E-state index in [0.29, 0.717) is 18.7 Å². The van der Waals surface area contributed by atoms with E-state index in [1.54, 1.807) is 22.5 Å². The first-order valence-electron chi connectivity index (χ1n) is 9.27. The Morgan fingerprint density at radius 1 is 1.35 bits per heavy atom. The Labute approximate surface area is 155 Å². The number of nitrogens with zero attached hydrogens (tertiary/aromatic N) is 1. The summed E-state index contributed by atoms with van der Waals surface area (Å²) in [6, 6.07) is 6.36. The van der Waals surface area contributed by atoms with Crippen LogP contribution in [0.15, 0.2) is 40.8 Å². The third-order valence-electron chi connectivity index (χ3n) is 5.08. The number of carbonyl (C=O) groups is 1. The van der Waals surface area contributed by atoms with Crippen LogP contribution in [0.5, 0.6) is 0 Å². The minimum absolute atomic E-state index is 0.00178. The van der Waals surface area contributed by atoms with Crippen molar-refractivity contribution in [3.05, 3.63) is 41.5 Å². The molecule has 1 amide bonds. The molecule has 2 N–H and O–H groups in total. The fourth-order valence-corrected chi connectivity index (χ4v) is 5.23. The zero-order chi connectivity index (χ0) is 18.6. The molecule has 0 aliphatic carbocycles. The lowest BCUT2D eigenvalue weighted by Crippen LogP contribution is -2.42. The lowest BCUT2D eigenvalue weighted by atomic mass is 10.1. The van der Waals surface area contributed by atoms with Gasteiger partial charge in [-0.25, -0.2) is 8.42 Å². The summed E-state index contributed by atoms with van der Waals surface area (Å²) >= 11 is 0. The monoisotopic (exact) mass is 377 g/mol. The zero-order valence-corrected chi connectivity index (χ0v) is 16.0. The molecular weight excluding hydrogens is 350 g/mol. The summed E-state index contributed by atoms with van der Waals surface area (Å²) in [6.45, 7) is 4.74. The third-order valence-corrected chi connectivity index (χ3v) is 7.09. The fourth-order valence-electron chi connectivity index (χ4n) is 3.49. The number of benzene rings is 1. The maximum atomic E-state index is 13.0. The quantitative estimate of drug-likeness (QED) is 0.768. The Bertz CT molecular complexity index is 789. The summed E-state index contributed by atoms with van der Waals surface area (Å²) in [4.78, 5) is 12.6. The van der Waals surface area contributed by atoms with Crippen molar-refractivity contribution in [3.8, 4) is 0 Å². The summed E-state index contributed by atoms with van der Waals surface area (Å²) in [5.74, 6) is -0.242. The molecule has 1 aromatic rings. The number of rotatable bonds is 5. The van der Waals surface area contributed by atoms with Crippen molar-refractivity contribution in [2.45, 2.75) is 43.5 Å². The number of hydrogen-bond acceptors (Lipinski definition) is 4. The second-order valence-corrected chi connectivity index (χ2v) is 8.88. The van der Waals surface area contributed by atoms with Crippen molar-refractivity contribution >= 4 is 15.9 Å². The van der Waals surface area contributed by atoms with E-state index >= 15 is 0 Å². The van der Waals surface area contributed by atoms with E-state index in [1.165, 1.54) is 11.6 Å². The van der Waals surface area contributed by atoms with Gasteiger partial charge in [0.05, 0.1) is 4.90 Å². The van der Waals surface area contributed by atoms with E-state index in [2.05, 4.69) is 16.7 Å². The fraction of sp³-hybridized carbons (Fsp3) is 0.526. The lowest BCUT2D eigenvalue weighted by Gasteiger charge is -2.32. The Kier molecular flexibility index (Phi) is 6.11. The minimum Gasteiger partial charge on any atom is -0.348 e. The first kappa shape index (κ1) is 19.1. The molecule has 142 valence electrons. The van der Waals surface area contributed by atoms with Crippen molar-refractivity contribution < 1.29 is 13.2 Å². The van der Waals surface area contributed by atoms with E-state index in [-0.39, 0.29) is 16.8 Å². The number of hydrogen-bond donors (Lipinski definition) is 2. The van der Waals surface area contributed by atoms with Crippen molar-refractivity contribution in [1.82, 2.24) is 14.9 Å². The minimum atomic E-state index is -3.57. The highest BCUT2D eigenvalue weighted by Gasteiger charge is 2.31. The Hall–Kier alpha value is -1.70. The highest BCUT2D eigenvalue weighted by Crippen LogP contribution is 2.25. The zero-order valence-electron chi connectivity index (χ0n) is 15.2. The Morgan fingerprint density at radius 2 is 2.19 bits per heavy atom. The summed E-state index contributed by atoms with van der Waals surface area (Å²) < 4.78 is 27.5. The smallest absolute Gasteiger partial charge is 0.251 e. The molecule has 1 unspecified atom stereocenters. The van der Waals surface area contributed by atoms with Crippen LogP contribution in [0, 0.1) is 0 Å². The standard InChI is InChI=1S/C19H27N3O3S/c1-15-5-2-3-12-22(15)26(24,25)18-7-4-6-17(13-18)19(23)21-14-16-8-10-20-11-9-16/h4,6-8,13,15,20H,2-3,5,9-12,14H2,1H3,(H,21,23). The molecule has 0 radical (unpaired) electrons. The normalized spacial score (nSPS) is 21.9. The number of carbonyl (C=O) groups excluding carboxylic acids is 1. The van der Waals surface area contributed by atoms with Crippen molar-refractivity contribution in [2.24, 2.45) is 0 Å². The van der Waals surface area contributed by atoms with Gasteiger partial charge in [0.25, 0.3) is 5.91 Å². The predicted molar refractivity (Wildman–Crippen MR) is 102 cm³/mol. The van der Waals surface area contributed by atoms with Gasteiger partial charge in [0.2, 0.25) is 10.0 Å². The van der Waals surface area contributed by atoms with Gasteiger partial charge in [-0.15, -0.1) is 0 Å². The average Bonchev–Trinajstić information content (AvgIpc) is 2.67. The van der Waals surface area contributed by atoms with Crippen molar-refractivity contribution in [1.29, 1.82) is 0 Å². The average molecular weight is 378 g/mol. The molecule has 6 nitrogen and oxygen atoms in total. The van der Waals surface area contributed by atoms with Gasteiger partial charge in [-0.3, -0.25) is 4.79 Å². The molecule has 0 saturated carbocycles. The van der Waals surface area contributed by atoms with E-state index in [4.69, 9.17) is 0 Å². The summed E-state index contributed by atoms with van der Waals surface area (Å²) in [5, 5.41) is 6.12. The molecule has 2 heterocycles. The third kappa shape index (κ3) is 4.34. The number of sulfonamides is 1. The van der Waals surface area contributed by atoms with Gasteiger partial charge in [0, 0.05) is 31.2 Å². The number of piperidine rings is 1. The van der Waals surface area contributed by atoms with E-state index in [1.807, 2.05) is 6.92 Å². The largest absolute Gasteiger partial charge is 0.348 e. The SMILES string of the molecule is CC1CCCCN1S(=O)(=O)c1cccc(C(=O)NCC2=CCNCC2)c1. The van der Waals surface area contributed by atoms with Gasteiger partial charge in [0.15, 0.2) is 0 Å². The van der Waals surface area contributed by atoms with Gasteiger partial charge < -0.3 is 10.6 Å². The lowest BCUT2D eigenvalue weighted by molar-refractivity contribution is 0.0956. The molecule has 0 spiro atoms. The molecular formula is C19H27N3O3S. The van der Waals surface area contributed by atoms with Crippen LogP contribution in [0.4, 0.5) is 0 Å². The van der Waals surface area contributed by atoms with Gasteiger partial charge in [-0.2, -0.15) is 4.31 Å². The number of nitrogens with one attached hydrogen (secondary N) is 2. The van der Waals surface area contributed by atoms with Crippen LogP contribution in [-0.4, -0.2) is 50.9 Å². The van der Waals surface area contributed by atoms with Gasteiger partial charge in [-0.1, -0.05) is 24.1 Å². The Morgan fingerprint density at radius 3 is 2.92 bits per heavy atom. The molecule has 2 aliphatic heterocycles. The molecule has 26 heavy (non-hydrogen) atoms. The van der Waals surface area contributed by atoms with Gasteiger partial charge in [0.1, 0.15) is 0 Å². The summed E-state index contributed by atoms with van der Waals surface area (Å²) in [5.41, 5.74) is 1.58. The van der Waals surface area contributed by atoms with Gasteiger partial charge in [-0.05, 0) is 50.9 Å². The topological polar surface area (TPSA) is 78.5 Å². The van der Waals surface area contributed by atoms with E-state index in [0.717, 1.165) is 38.8 Å². The van der Waals surface area contributed by atoms with E-state index < -0.39 is 10.0 Å². The Balaban J connectivity index is 1.72. The molecule has 3 rings (SSSR count). The maximum Gasteiger partial charge on any atom is 0.251 e. The molecule has 0 aromatic heterocycles. The highest BCUT2D eigenvalue weighted by molar-refractivity contribution is 7.89. The van der Waals surface area contributed by atoms with Crippen LogP contribution < -0.4 is 10.6 Å². The molecule has 1 saturated heterocycles. The van der Waals surface area contributed by atoms with Crippen LogP contribution >= 0.6 is 0 Å². The van der Waals surface area contributed by atoms with E-state index in [9.17, 15) is 13.2 Å². The molecule has 1 fully saturated rings. The highest BCUT2D eigenvalue weighted by atomic mass is 32.2. The maximum absolute atomic E-state index is 13.0. The number of amides is 1. The molecule has 2 aliphatic rings. The molecule has 0 bridgehead atoms. The van der Waals surface area contributed by atoms with Crippen molar-refractivity contribution in [3.63, 3.8) is 0 Å². The van der Waals surface area contributed by atoms with Crippen LogP contribution in [0.2, 0.25) is 0 Å². The van der Waals surface area contributed by atoms with Crippen molar-refractivity contribution in [2.75, 3.05) is 26.2 Å². The second-order valence-electron chi connectivity index (χ2n) is 6.99. The molecule has 7 heteroatoms. The van der Waals surface area contributed by atoms with Gasteiger partial charge >= 0.3 is 0 Å².